The van der Waals surface area contributed by atoms with Gasteiger partial charge < -0.3 is 19.9 Å². The molecule has 0 aliphatic carbocycles. The molecule has 1 atom stereocenters. The molecule has 2 N–H and O–H groups in total. The van der Waals surface area contributed by atoms with Gasteiger partial charge in [0.25, 0.3) is 0 Å². The summed E-state index contributed by atoms with van der Waals surface area (Å²) in [6, 6.07) is 6.03. The third kappa shape index (κ3) is 4.87. The highest BCUT2D eigenvalue weighted by Crippen LogP contribution is 2.28. The maximum Gasteiger partial charge on any atom is 0.250 e. The van der Waals surface area contributed by atoms with Gasteiger partial charge in [0.2, 0.25) is 5.56 Å². The van der Waals surface area contributed by atoms with Gasteiger partial charge in [0.15, 0.2) is 0 Å². The van der Waals surface area contributed by atoms with Crippen LogP contribution in [0.2, 0.25) is 0 Å². The Hall–Kier alpha value is -2.03. The number of rotatable bonds is 7. The van der Waals surface area contributed by atoms with Crippen molar-refractivity contribution in [3.05, 3.63) is 40.3 Å². The van der Waals surface area contributed by atoms with Crippen LogP contribution in [0.15, 0.2) is 29.2 Å². The van der Waals surface area contributed by atoms with Gasteiger partial charge >= 0.3 is 0 Å². The van der Waals surface area contributed by atoms with Crippen LogP contribution >= 0.6 is 11.9 Å². The molecule has 0 spiro atoms. The molecular weight excluding hydrogens is 374 g/mol. The summed E-state index contributed by atoms with van der Waals surface area (Å²) in [5, 5.41) is 3.07. The van der Waals surface area contributed by atoms with Gasteiger partial charge in [-0.05, 0) is 42.7 Å². The van der Waals surface area contributed by atoms with Crippen molar-refractivity contribution in [3.8, 4) is 11.1 Å². The number of aromatic amines is 1. The van der Waals surface area contributed by atoms with Gasteiger partial charge in [-0.3, -0.25) is 4.79 Å². The number of anilines is 2. The standard InChI is InChI=1S/C20H29N5O2S/c1-14-12-22-18(21-3)11-17(14)16-9-19(23-20(26)10-16)25-6-5-24(13-15(25)2)28-8-7-27-4/h9-12,15H,5-8,13H2,1-4H3,(H,21,22)(H,23,26). The normalized spacial score (nSPS) is 17.7. The number of ether oxygens (including phenoxy) is 1. The van der Waals surface area contributed by atoms with E-state index < -0.39 is 0 Å². The highest BCUT2D eigenvalue weighted by Gasteiger charge is 2.25. The SMILES string of the molecule is CNc1cc(-c2cc(N3CCN(SCCOC)CC3C)[nH]c(=O)c2)c(C)cn1. The Labute approximate surface area is 170 Å². The van der Waals surface area contributed by atoms with Gasteiger partial charge in [-0.15, -0.1) is 0 Å². The van der Waals surface area contributed by atoms with Crippen molar-refractivity contribution >= 4 is 23.6 Å². The molecule has 1 aliphatic heterocycles. The quantitative estimate of drug-likeness (QED) is 0.544. The molecule has 2 aromatic rings. The van der Waals surface area contributed by atoms with E-state index in [9.17, 15) is 4.79 Å². The minimum absolute atomic E-state index is 0.0844. The highest BCUT2D eigenvalue weighted by molar-refractivity contribution is 7.97. The van der Waals surface area contributed by atoms with E-state index in [0.29, 0.717) is 6.04 Å². The van der Waals surface area contributed by atoms with Crippen molar-refractivity contribution in [2.24, 2.45) is 0 Å². The van der Waals surface area contributed by atoms with Crippen LogP contribution in [-0.2, 0) is 4.74 Å². The molecule has 0 saturated carbocycles. The summed E-state index contributed by atoms with van der Waals surface area (Å²) < 4.78 is 7.52. The van der Waals surface area contributed by atoms with Gasteiger partial charge in [0, 0.05) is 57.8 Å². The molecule has 1 aliphatic rings. The lowest BCUT2D eigenvalue weighted by Gasteiger charge is -2.40. The number of hydrogen-bond donors (Lipinski definition) is 2. The topological polar surface area (TPSA) is 73.5 Å². The largest absolute Gasteiger partial charge is 0.384 e. The third-order valence-corrected chi connectivity index (χ3v) is 6.01. The number of H-pyrrole nitrogens is 1. The van der Waals surface area contributed by atoms with Gasteiger partial charge in [-0.25, -0.2) is 9.29 Å². The van der Waals surface area contributed by atoms with Gasteiger partial charge in [-0.2, -0.15) is 0 Å². The fraction of sp³-hybridized carbons (Fsp3) is 0.500. The number of nitrogens with zero attached hydrogens (tertiary/aromatic N) is 3. The lowest BCUT2D eigenvalue weighted by Crippen LogP contribution is -2.50. The Morgan fingerprint density at radius 3 is 2.89 bits per heavy atom. The van der Waals surface area contributed by atoms with E-state index in [4.69, 9.17) is 4.74 Å². The summed E-state index contributed by atoms with van der Waals surface area (Å²) in [6.45, 7) is 7.74. The lowest BCUT2D eigenvalue weighted by molar-refractivity contribution is 0.217. The number of pyridine rings is 2. The number of aromatic nitrogens is 2. The van der Waals surface area contributed by atoms with E-state index in [1.165, 1.54) is 0 Å². The molecule has 152 valence electrons. The zero-order valence-corrected chi connectivity index (χ0v) is 17.8. The van der Waals surface area contributed by atoms with Crippen molar-refractivity contribution in [3.63, 3.8) is 0 Å². The van der Waals surface area contributed by atoms with Crippen LogP contribution in [0.25, 0.3) is 11.1 Å². The Morgan fingerprint density at radius 1 is 1.36 bits per heavy atom. The van der Waals surface area contributed by atoms with Crippen LogP contribution < -0.4 is 15.8 Å². The first kappa shape index (κ1) is 20.7. The van der Waals surface area contributed by atoms with Crippen LogP contribution in [0.4, 0.5) is 11.6 Å². The molecule has 3 heterocycles. The van der Waals surface area contributed by atoms with Crippen LogP contribution in [0.3, 0.4) is 0 Å². The smallest absolute Gasteiger partial charge is 0.250 e. The van der Waals surface area contributed by atoms with E-state index in [1.54, 1.807) is 13.2 Å². The number of nitrogens with one attached hydrogen (secondary N) is 2. The minimum Gasteiger partial charge on any atom is -0.384 e. The number of methoxy groups -OCH3 is 1. The molecule has 1 saturated heterocycles. The van der Waals surface area contributed by atoms with E-state index in [1.807, 2.05) is 38.2 Å². The van der Waals surface area contributed by atoms with E-state index >= 15 is 0 Å². The van der Waals surface area contributed by atoms with Crippen LogP contribution in [0.1, 0.15) is 12.5 Å². The molecule has 1 fully saturated rings. The van der Waals surface area contributed by atoms with Crippen molar-refractivity contribution in [2.45, 2.75) is 19.9 Å². The first-order valence-electron chi connectivity index (χ1n) is 9.54. The van der Waals surface area contributed by atoms with E-state index in [2.05, 4.69) is 37.5 Å². The van der Waals surface area contributed by atoms with Crippen molar-refractivity contribution in [1.82, 2.24) is 14.3 Å². The van der Waals surface area contributed by atoms with Gasteiger partial charge in [-0.1, -0.05) is 11.9 Å². The molecule has 0 aromatic carbocycles. The lowest BCUT2D eigenvalue weighted by atomic mass is 10.0. The second kappa shape index (κ2) is 9.45. The average molecular weight is 404 g/mol. The van der Waals surface area contributed by atoms with Gasteiger partial charge in [0.1, 0.15) is 11.6 Å². The summed E-state index contributed by atoms with van der Waals surface area (Å²) in [4.78, 5) is 22.1. The molecule has 7 nitrogen and oxygen atoms in total. The fourth-order valence-corrected chi connectivity index (χ4v) is 4.49. The third-order valence-electron chi connectivity index (χ3n) is 4.96. The molecule has 3 rings (SSSR count). The highest BCUT2D eigenvalue weighted by atomic mass is 32.2. The van der Waals surface area contributed by atoms with E-state index in [-0.39, 0.29) is 5.56 Å². The summed E-state index contributed by atoms with van der Waals surface area (Å²) in [6.07, 6.45) is 1.83. The molecule has 0 amide bonds. The summed E-state index contributed by atoms with van der Waals surface area (Å²) in [7, 11) is 3.57. The number of piperazine rings is 1. The maximum atomic E-state index is 12.4. The Morgan fingerprint density at radius 2 is 2.18 bits per heavy atom. The van der Waals surface area contributed by atoms with Crippen LogP contribution in [0, 0.1) is 6.92 Å². The Bertz CT molecular complexity index is 857. The Balaban J connectivity index is 1.82. The zero-order chi connectivity index (χ0) is 20.1. The molecule has 8 heteroatoms. The molecule has 0 bridgehead atoms. The van der Waals surface area contributed by atoms with Crippen molar-refractivity contribution < 1.29 is 4.74 Å². The first-order valence-corrected chi connectivity index (χ1v) is 10.5. The predicted octanol–water partition coefficient (Wildman–Crippen LogP) is 2.59. The minimum atomic E-state index is -0.0844. The van der Waals surface area contributed by atoms with Crippen molar-refractivity contribution in [2.75, 3.05) is 56.4 Å². The Kier molecular flexibility index (Phi) is 6.98. The second-order valence-corrected chi connectivity index (χ2v) is 8.19. The molecule has 0 radical (unpaired) electrons. The molecule has 1 unspecified atom stereocenters. The van der Waals surface area contributed by atoms with Gasteiger partial charge in [0.05, 0.1) is 6.61 Å². The average Bonchev–Trinajstić information content (AvgIpc) is 2.68. The summed E-state index contributed by atoms with van der Waals surface area (Å²) in [5.74, 6) is 2.63. The number of aryl methyl sites for hydroxylation is 1. The first-order chi connectivity index (χ1) is 13.5. The summed E-state index contributed by atoms with van der Waals surface area (Å²) >= 11 is 1.83. The van der Waals surface area contributed by atoms with Crippen LogP contribution in [0.5, 0.6) is 0 Å². The zero-order valence-electron chi connectivity index (χ0n) is 17.0. The van der Waals surface area contributed by atoms with Crippen LogP contribution in [-0.4, -0.2) is 66.5 Å². The second-order valence-electron chi connectivity index (χ2n) is 7.01. The monoisotopic (exact) mass is 403 g/mol. The molecule has 28 heavy (non-hydrogen) atoms. The summed E-state index contributed by atoms with van der Waals surface area (Å²) in [5.41, 5.74) is 2.90. The number of hydrogen-bond acceptors (Lipinski definition) is 7. The fourth-order valence-electron chi connectivity index (χ4n) is 3.46. The molecular formula is C20H29N5O2S. The van der Waals surface area contributed by atoms with Crippen molar-refractivity contribution in [1.29, 1.82) is 0 Å². The predicted molar refractivity (Wildman–Crippen MR) is 117 cm³/mol. The maximum absolute atomic E-state index is 12.4. The van der Waals surface area contributed by atoms with E-state index in [0.717, 1.165) is 60.3 Å². The molecule has 2 aromatic heterocycles.